The number of aliphatic carboxylic acids is 1. The van der Waals surface area contributed by atoms with Crippen LogP contribution in [-0.2, 0) is 10.2 Å². The van der Waals surface area contributed by atoms with Gasteiger partial charge in [-0.15, -0.1) is 0 Å². The van der Waals surface area contributed by atoms with Crippen molar-refractivity contribution in [1.82, 2.24) is 0 Å². The Hall–Kier alpha value is -2.35. The van der Waals surface area contributed by atoms with E-state index in [9.17, 15) is 9.90 Å². The summed E-state index contributed by atoms with van der Waals surface area (Å²) in [6.45, 7) is 5.81. The molecule has 1 N–H and O–H groups in total. The van der Waals surface area contributed by atoms with E-state index in [4.69, 9.17) is 0 Å². The van der Waals surface area contributed by atoms with Gasteiger partial charge in [0.15, 0.2) is 0 Å². The van der Waals surface area contributed by atoms with Crippen LogP contribution < -0.4 is 0 Å². The van der Waals surface area contributed by atoms with Gasteiger partial charge in [-0.2, -0.15) is 0 Å². The SMILES string of the molecule is CC(C(=O)O)=C(c1ccccc1)C(C)(C)c1ccccc1. The summed E-state index contributed by atoms with van der Waals surface area (Å²) >= 11 is 0. The van der Waals surface area contributed by atoms with Gasteiger partial charge in [-0.1, -0.05) is 74.5 Å². The van der Waals surface area contributed by atoms with Gasteiger partial charge in [-0.05, 0) is 23.6 Å². The molecule has 108 valence electrons. The minimum Gasteiger partial charge on any atom is -0.478 e. The maximum absolute atomic E-state index is 11.5. The van der Waals surface area contributed by atoms with E-state index in [1.54, 1.807) is 6.92 Å². The lowest BCUT2D eigenvalue weighted by Gasteiger charge is -2.30. The number of hydrogen-bond acceptors (Lipinski definition) is 1. The molecule has 0 heterocycles. The first kappa shape index (κ1) is 15.0. The monoisotopic (exact) mass is 280 g/mol. The molecular weight excluding hydrogens is 260 g/mol. The number of allylic oxidation sites excluding steroid dienone is 1. The van der Waals surface area contributed by atoms with Crippen molar-refractivity contribution in [3.8, 4) is 0 Å². The Balaban J connectivity index is 2.67. The molecular formula is C19H20O2. The number of rotatable bonds is 4. The van der Waals surface area contributed by atoms with Crippen LogP contribution in [-0.4, -0.2) is 11.1 Å². The van der Waals surface area contributed by atoms with Crippen molar-refractivity contribution < 1.29 is 9.90 Å². The lowest BCUT2D eigenvalue weighted by atomic mass is 9.73. The maximum atomic E-state index is 11.5. The molecule has 0 aromatic heterocycles. The highest BCUT2D eigenvalue weighted by Gasteiger charge is 2.30. The zero-order valence-corrected chi connectivity index (χ0v) is 12.6. The number of carboxylic acids is 1. The van der Waals surface area contributed by atoms with E-state index in [-0.39, 0.29) is 5.41 Å². The molecule has 0 aliphatic carbocycles. The molecule has 0 atom stereocenters. The summed E-state index contributed by atoms with van der Waals surface area (Å²) in [4.78, 5) is 11.5. The van der Waals surface area contributed by atoms with Crippen molar-refractivity contribution in [3.63, 3.8) is 0 Å². The van der Waals surface area contributed by atoms with Crippen LogP contribution in [0.15, 0.2) is 66.2 Å². The molecule has 21 heavy (non-hydrogen) atoms. The van der Waals surface area contributed by atoms with Gasteiger partial charge >= 0.3 is 5.97 Å². The molecule has 2 rings (SSSR count). The predicted molar refractivity (Wildman–Crippen MR) is 86.1 cm³/mol. The molecule has 2 heteroatoms. The zero-order valence-electron chi connectivity index (χ0n) is 12.6. The topological polar surface area (TPSA) is 37.3 Å². The highest BCUT2D eigenvalue weighted by molar-refractivity contribution is 5.98. The number of carboxylic acid groups (broad SMARTS) is 1. The Kier molecular flexibility index (Phi) is 4.27. The molecule has 0 saturated carbocycles. The third kappa shape index (κ3) is 3.05. The summed E-state index contributed by atoms with van der Waals surface area (Å²) in [5.74, 6) is -0.877. The Labute approximate surface area is 125 Å². The Bertz CT molecular complexity index is 652. The molecule has 0 aliphatic rings. The molecule has 0 saturated heterocycles. The molecule has 0 radical (unpaired) electrons. The molecule has 2 aromatic rings. The van der Waals surface area contributed by atoms with Crippen molar-refractivity contribution in [2.24, 2.45) is 0 Å². The first-order chi connectivity index (χ1) is 9.94. The van der Waals surface area contributed by atoms with Gasteiger partial charge in [-0.3, -0.25) is 0 Å². The summed E-state index contributed by atoms with van der Waals surface area (Å²) in [6, 6.07) is 19.8. The van der Waals surface area contributed by atoms with Crippen LogP contribution in [0.5, 0.6) is 0 Å². The van der Waals surface area contributed by atoms with Crippen LogP contribution in [0.25, 0.3) is 5.57 Å². The highest BCUT2D eigenvalue weighted by Crippen LogP contribution is 2.39. The number of carbonyl (C=O) groups is 1. The Morgan fingerprint density at radius 3 is 1.86 bits per heavy atom. The van der Waals surface area contributed by atoms with E-state index in [1.807, 2.05) is 60.7 Å². The molecule has 2 nitrogen and oxygen atoms in total. The Morgan fingerprint density at radius 2 is 1.38 bits per heavy atom. The van der Waals surface area contributed by atoms with Crippen LogP contribution in [0.4, 0.5) is 0 Å². The second-order valence-corrected chi connectivity index (χ2v) is 5.66. The molecule has 0 bridgehead atoms. The lowest BCUT2D eigenvalue weighted by Crippen LogP contribution is -2.22. The highest BCUT2D eigenvalue weighted by atomic mass is 16.4. The first-order valence-electron chi connectivity index (χ1n) is 7.00. The zero-order chi connectivity index (χ0) is 15.5. The Morgan fingerprint density at radius 1 is 0.905 bits per heavy atom. The van der Waals surface area contributed by atoms with Gasteiger partial charge < -0.3 is 5.11 Å². The van der Waals surface area contributed by atoms with Gasteiger partial charge in [0.25, 0.3) is 0 Å². The first-order valence-corrected chi connectivity index (χ1v) is 7.00. The van der Waals surface area contributed by atoms with Crippen molar-refractivity contribution >= 4 is 11.5 Å². The van der Waals surface area contributed by atoms with Crippen LogP contribution >= 0.6 is 0 Å². The quantitative estimate of drug-likeness (QED) is 0.836. The second kappa shape index (κ2) is 5.96. The van der Waals surface area contributed by atoms with Crippen molar-refractivity contribution in [1.29, 1.82) is 0 Å². The number of benzene rings is 2. The fourth-order valence-electron chi connectivity index (χ4n) is 2.76. The van der Waals surface area contributed by atoms with Crippen molar-refractivity contribution in [3.05, 3.63) is 77.4 Å². The van der Waals surface area contributed by atoms with E-state index in [0.717, 1.165) is 16.7 Å². The van der Waals surface area contributed by atoms with Crippen molar-refractivity contribution in [2.75, 3.05) is 0 Å². The third-order valence-corrected chi connectivity index (χ3v) is 3.88. The standard InChI is InChI=1S/C19H20O2/c1-14(18(20)21)17(15-10-6-4-7-11-15)19(2,3)16-12-8-5-9-13-16/h4-13H,1-3H3,(H,20,21). The van der Waals surface area contributed by atoms with Crippen LogP contribution in [0.1, 0.15) is 31.9 Å². The van der Waals surface area contributed by atoms with E-state index in [2.05, 4.69) is 13.8 Å². The van der Waals surface area contributed by atoms with Gasteiger partial charge in [-0.25, -0.2) is 4.79 Å². The van der Waals surface area contributed by atoms with Crippen LogP contribution in [0, 0.1) is 0 Å². The average Bonchev–Trinajstić information content (AvgIpc) is 2.49. The molecule has 0 unspecified atom stereocenters. The summed E-state index contributed by atoms with van der Waals surface area (Å²) in [5, 5.41) is 9.47. The average molecular weight is 280 g/mol. The fraction of sp³-hybridized carbons (Fsp3) is 0.211. The van der Waals surface area contributed by atoms with E-state index >= 15 is 0 Å². The summed E-state index contributed by atoms with van der Waals surface area (Å²) in [7, 11) is 0. The second-order valence-electron chi connectivity index (χ2n) is 5.66. The smallest absolute Gasteiger partial charge is 0.331 e. The summed E-state index contributed by atoms with van der Waals surface area (Å²) in [5.41, 5.74) is 2.90. The molecule has 0 amide bonds. The maximum Gasteiger partial charge on any atom is 0.331 e. The van der Waals surface area contributed by atoms with Crippen LogP contribution in [0.2, 0.25) is 0 Å². The van der Waals surface area contributed by atoms with E-state index < -0.39 is 5.97 Å². The minimum atomic E-state index is -0.877. The minimum absolute atomic E-state index is 0.384. The van der Waals surface area contributed by atoms with Gasteiger partial charge in [0.2, 0.25) is 0 Å². The summed E-state index contributed by atoms with van der Waals surface area (Å²) in [6.07, 6.45) is 0. The van der Waals surface area contributed by atoms with Gasteiger partial charge in [0.05, 0.1) is 0 Å². The van der Waals surface area contributed by atoms with Gasteiger partial charge in [0, 0.05) is 11.0 Å². The van der Waals surface area contributed by atoms with Crippen molar-refractivity contribution in [2.45, 2.75) is 26.2 Å². The number of hydrogen-bond donors (Lipinski definition) is 1. The largest absolute Gasteiger partial charge is 0.478 e. The summed E-state index contributed by atoms with van der Waals surface area (Å²) < 4.78 is 0. The normalized spacial score (nSPS) is 12.7. The van der Waals surface area contributed by atoms with Crippen LogP contribution in [0.3, 0.4) is 0 Å². The fourth-order valence-corrected chi connectivity index (χ4v) is 2.76. The van der Waals surface area contributed by atoms with E-state index in [0.29, 0.717) is 5.57 Å². The van der Waals surface area contributed by atoms with E-state index in [1.165, 1.54) is 0 Å². The predicted octanol–water partition coefficient (Wildman–Crippen LogP) is 4.52. The molecule has 0 aliphatic heterocycles. The molecule has 0 fully saturated rings. The molecule has 2 aromatic carbocycles. The lowest BCUT2D eigenvalue weighted by molar-refractivity contribution is -0.132. The third-order valence-electron chi connectivity index (χ3n) is 3.88. The molecule has 0 spiro atoms. The van der Waals surface area contributed by atoms with Gasteiger partial charge in [0.1, 0.15) is 0 Å².